The van der Waals surface area contributed by atoms with E-state index in [1.165, 1.54) is 6.33 Å². The number of rotatable bonds is 3. The molecule has 0 radical (unpaired) electrons. The van der Waals surface area contributed by atoms with Gasteiger partial charge in [0.2, 0.25) is 0 Å². The summed E-state index contributed by atoms with van der Waals surface area (Å²) in [6.07, 6.45) is 3.08. The second kappa shape index (κ2) is 4.46. The average molecular weight is 240 g/mol. The first-order valence-corrected chi connectivity index (χ1v) is 5.39. The summed E-state index contributed by atoms with van der Waals surface area (Å²) in [6, 6.07) is 9.11. The molecule has 0 aliphatic carbocycles. The van der Waals surface area contributed by atoms with Gasteiger partial charge < -0.3 is 14.7 Å². The van der Waals surface area contributed by atoms with Crippen LogP contribution in [0, 0.1) is 0 Å². The highest BCUT2D eigenvalue weighted by molar-refractivity contribution is 6.60. The Hall–Kier alpha value is -2.41. The van der Waals surface area contributed by atoms with Crippen LogP contribution in [0.5, 0.6) is 6.01 Å². The molecule has 0 saturated carbocycles. The van der Waals surface area contributed by atoms with E-state index in [-0.39, 0.29) is 6.01 Å². The zero-order valence-electron chi connectivity index (χ0n) is 9.32. The lowest BCUT2D eigenvalue weighted by atomic mass is 9.80. The molecule has 0 aliphatic heterocycles. The van der Waals surface area contributed by atoms with Crippen LogP contribution in [0.4, 0.5) is 0 Å². The molecule has 3 rings (SSSR count). The number of fused-ring (bicyclic) bond motifs is 1. The highest BCUT2D eigenvalue weighted by Gasteiger charge is 2.19. The van der Waals surface area contributed by atoms with Crippen LogP contribution < -0.4 is 10.1 Å². The summed E-state index contributed by atoms with van der Waals surface area (Å²) >= 11 is 0. The SMILES string of the molecule is OB(Oc1ncc2[nH]cnc2n1)c1ccccc1. The summed E-state index contributed by atoms with van der Waals surface area (Å²) in [7, 11) is -1.09. The number of hydrogen-bond acceptors (Lipinski definition) is 5. The number of H-pyrrole nitrogens is 1. The summed E-state index contributed by atoms with van der Waals surface area (Å²) < 4.78 is 5.26. The van der Waals surface area contributed by atoms with Crippen LogP contribution in [-0.4, -0.2) is 32.1 Å². The van der Waals surface area contributed by atoms with Crippen molar-refractivity contribution in [1.82, 2.24) is 19.9 Å². The molecule has 0 amide bonds. The number of benzene rings is 1. The molecule has 0 spiro atoms. The van der Waals surface area contributed by atoms with Gasteiger partial charge in [-0.2, -0.15) is 4.98 Å². The summed E-state index contributed by atoms with van der Waals surface area (Å²) in [5.41, 5.74) is 1.86. The monoisotopic (exact) mass is 240 g/mol. The molecule has 0 unspecified atom stereocenters. The van der Waals surface area contributed by atoms with E-state index in [1.807, 2.05) is 18.2 Å². The quantitative estimate of drug-likeness (QED) is 0.635. The minimum absolute atomic E-state index is 0.0888. The Morgan fingerprint density at radius 2 is 2.00 bits per heavy atom. The summed E-state index contributed by atoms with van der Waals surface area (Å²) in [6.45, 7) is 0. The number of nitrogens with zero attached hydrogens (tertiary/aromatic N) is 3. The first-order chi connectivity index (χ1) is 8.83. The summed E-state index contributed by atoms with van der Waals surface area (Å²) in [4.78, 5) is 14.9. The van der Waals surface area contributed by atoms with Gasteiger partial charge >= 0.3 is 13.1 Å². The van der Waals surface area contributed by atoms with Crippen molar-refractivity contribution in [3.05, 3.63) is 42.9 Å². The first kappa shape index (κ1) is 10.7. The topological polar surface area (TPSA) is 83.9 Å². The van der Waals surface area contributed by atoms with E-state index in [1.54, 1.807) is 18.3 Å². The maximum atomic E-state index is 9.87. The molecule has 2 N–H and O–H groups in total. The molecular formula is C11H9BN4O2. The maximum Gasteiger partial charge on any atom is 0.562 e. The van der Waals surface area contributed by atoms with Gasteiger partial charge in [-0.3, -0.25) is 0 Å². The second-order valence-corrected chi connectivity index (χ2v) is 3.67. The van der Waals surface area contributed by atoms with Crippen molar-refractivity contribution in [1.29, 1.82) is 0 Å². The van der Waals surface area contributed by atoms with E-state index < -0.39 is 7.12 Å². The van der Waals surface area contributed by atoms with Crippen LogP contribution in [0.15, 0.2) is 42.9 Å². The van der Waals surface area contributed by atoms with E-state index in [9.17, 15) is 5.02 Å². The molecule has 1 aromatic carbocycles. The third-order valence-corrected chi connectivity index (χ3v) is 2.46. The van der Waals surface area contributed by atoms with Gasteiger partial charge in [0.05, 0.1) is 12.5 Å². The van der Waals surface area contributed by atoms with Gasteiger partial charge in [0.1, 0.15) is 5.52 Å². The van der Waals surface area contributed by atoms with E-state index >= 15 is 0 Å². The molecule has 88 valence electrons. The van der Waals surface area contributed by atoms with Gasteiger partial charge in [0, 0.05) is 0 Å². The fourth-order valence-corrected chi connectivity index (χ4v) is 1.56. The lowest BCUT2D eigenvalue weighted by molar-refractivity contribution is 0.412. The van der Waals surface area contributed by atoms with E-state index in [2.05, 4.69) is 19.9 Å². The van der Waals surface area contributed by atoms with Crippen LogP contribution in [0.25, 0.3) is 11.2 Å². The van der Waals surface area contributed by atoms with E-state index in [0.29, 0.717) is 11.1 Å². The zero-order valence-corrected chi connectivity index (χ0v) is 9.32. The Labute approximate surface area is 103 Å². The molecule has 7 heteroatoms. The number of imidazole rings is 1. The Morgan fingerprint density at radius 3 is 2.83 bits per heavy atom. The lowest BCUT2D eigenvalue weighted by Crippen LogP contribution is -2.36. The van der Waals surface area contributed by atoms with Crippen molar-refractivity contribution < 1.29 is 9.68 Å². The Balaban J connectivity index is 1.83. The molecule has 6 nitrogen and oxygen atoms in total. The summed E-state index contributed by atoms with van der Waals surface area (Å²) in [5, 5.41) is 9.87. The van der Waals surface area contributed by atoms with E-state index in [4.69, 9.17) is 4.65 Å². The van der Waals surface area contributed by atoms with Crippen molar-refractivity contribution in [2.24, 2.45) is 0 Å². The zero-order chi connectivity index (χ0) is 12.4. The standard InChI is InChI=1S/C11H9BN4O2/c17-12(8-4-2-1-3-5-8)18-11-13-6-9-10(16-11)15-7-14-9/h1-7,17H,(H,13,14,15,16). The summed E-state index contributed by atoms with van der Waals surface area (Å²) in [5.74, 6) is 0. The normalized spacial score (nSPS) is 10.5. The number of aromatic nitrogens is 4. The molecule has 3 aromatic rings. The highest BCUT2D eigenvalue weighted by Crippen LogP contribution is 2.09. The average Bonchev–Trinajstić information content (AvgIpc) is 2.87. The largest absolute Gasteiger partial charge is 0.562 e. The third-order valence-electron chi connectivity index (χ3n) is 2.46. The lowest BCUT2D eigenvalue weighted by Gasteiger charge is -2.07. The minimum atomic E-state index is -1.09. The van der Waals surface area contributed by atoms with Gasteiger partial charge in [-0.15, -0.1) is 0 Å². The highest BCUT2D eigenvalue weighted by atomic mass is 16.5. The predicted octanol–water partition coefficient (Wildman–Crippen LogP) is 0.119. The molecule has 0 atom stereocenters. The molecule has 0 bridgehead atoms. The van der Waals surface area contributed by atoms with Crippen LogP contribution in [-0.2, 0) is 0 Å². The van der Waals surface area contributed by atoms with Gasteiger partial charge in [0.25, 0.3) is 0 Å². The smallest absolute Gasteiger partial charge is 0.504 e. The van der Waals surface area contributed by atoms with Gasteiger partial charge in [-0.1, -0.05) is 30.3 Å². The fourth-order valence-electron chi connectivity index (χ4n) is 1.56. The van der Waals surface area contributed by atoms with Gasteiger partial charge in [-0.05, 0) is 5.46 Å². The van der Waals surface area contributed by atoms with Crippen LogP contribution in [0.2, 0.25) is 0 Å². The minimum Gasteiger partial charge on any atom is -0.504 e. The Morgan fingerprint density at radius 1 is 1.17 bits per heavy atom. The van der Waals surface area contributed by atoms with Crippen LogP contribution >= 0.6 is 0 Å². The molecule has 0 fully saturated rings. The Bertz CT molecular complexity index is 658. The number of nitrogens with one attached hydrogen (secondary N) is 1. The molecular weight excluding hydrogens is 231 g/mol. The van der Waals surface area contributed by atoms with Crippen molar-refractivity contribution >= 4 is 23.7 Å². The number of aromatic amines is 1. The van der Waals surface area contributed by atoms with Crippen molar-refractivity contribution in [3.63, 3.8) is 0 Å². The molecule has 0 saturated heterocycles. The fraction of sp³-hybridized carbons (Fsp3) is 0. The van der Waals surface area contributed by atoms with Crippen LogP contribution in [0.3, 0.4) is 0 Å². The third kappa shape index (κ3) is 2.03. The predicted molar refractivity (Wildman–Crippen MR) is 66.4 cm³/mol. The number of hydrogen-bond donors (Lipinski definition) is 2. The van der Waals surface area contributed by atoms with Gasteiger partial charge in [0.15, 0.2) is 5.65 Å². The Kier molecular flexibility index (Phi) is 2.66. The van der Waals surface area contributed by atoms with Crippen molar-refractivity contribution in [2.45, 2.75) is 0 Å². The first-order valence-electron chi connectivity index (χ1n) is 5.39. The van der Waals surface area contributed by atoms with Crippen LogP contribution in [0.1, 0.15) is 0 Å². The van der Waals surface area contributed by atoms with Gasteiger partial charge in [-0.25, -0.2) is 9.97 Å². The molecule has 0 aliphatic rings. The van der Waals surface area contributed by atoms with E-state index in [0.717, 1.165) is 5.52 Å². The molecule has 2 aromatic heterocycles. The van der Waals surface area contributed by atoms with Crippen molar-refractivity contribution in [3.8, 4) is 6.01 Å². The molecule has 2 heterocycles. The second-order valence-electron chi connectivity index (χ2n) is 3.67. The molecule has 18 heavy (non-hydrogen) atoms. The van der Waals surface area contributed by atoms with Crippen molar-refractivity contribution in [2.75, 3.05) is 0 Å². The maximum absolute atomic E-state index is 9.87.